The summed E-state index contributed by atoms with van der Waals surface area (Å²) in [6, 6.07) is 18.7. The molecule has 2 aromatic heterocycles. The highest BCUT2D eigenvalue weighted by molar-refractivity contribution is 6.09. The van der Waals surface area contributed by atoms with Gasteiger partial charge in [0.2, 0.25) is 0 Å². The highest BCUT2D eigenvalue weighted by Gasteiger charge is 2.33. The maximum absolute atomic E-state index is 15.5. The van der Waals surface area contributed by atoms with Gasteiger partial charge in [-0.25, -0.2) is 14.4 Å². The summed E-state index contributed by atoms with van der Waals surface area (Å²) in [5, 5.41) is 0. The number of amides is 1. The number of anilines is 2. The van der Waals surface area contributed by atoms with Crippen LogP contribution in [0.25, 0.3) is 33.7 Å². The Hall–Kier alpha value is -5.25. The third kappa shape index (κ3) is 5.37. The molecule has 9 nitrogen and oxygen atoms in total. The zero-order valence-corrected chi connectivity index (χ0v) is 25.3. The second-order valence-corrected chi connectivity index (χ2v) is 11.6. The molecule has 3 heterocycles. The topological polar surface area (TPSA) is 101 Å². The number of carbonyl (C=O) groups excluding carboxylic acids is 2. The number of hydrogen-bond donors (Lipinski definition) is 1. The lowest BCUT2D eigenvalue weighted by Crippen LogP contribution is -2.33. The van der Waals surface area contributed by atoms with E-state index in [1.165, 1.54) is 17.9 Å². The van der Waals surface area contributed by atoms with E-state index < -0.39 is 17.7 Å². The van der Waals surface area contributed by atoms with Crippen LogP contribution in [0.2, 0.25) is 0 Å². The average molecular weight is 606 g/mol. The first-order chi connectivity index (χ1) is 21.8. The third-order valence-electron chi connectivity index (χ3n) is 8.36. The number of aromatic nitrogens is 3. The van der Waals surface area contributed by atoms with Gasteiger partial charge in [-0.2, -0.15) is 0 Å². The number of nitrogens with zero attached hydrogens (tertiary/aromatic N) is 4. The van der Waals surface area contributed by atoms with Crippen LogP contribution in [0.5, 0.6) is 5.75 Å². The molecule has 2 aliphatic rings. The Kier molecular flexibility index (Phi) is 7.19. The zero-order valence-electron chi connectivity index (χ0n) is 25.3. The molecule has 1 fully saturated rings. The summed E-state index contributed by atoms with van der Waals surface area (Å²) >= 11 is 0. The first kappa shape index (κ1) is 28.5. The van der Waals surface area contributed by atoms with Crippen LogP contribution in [-0.4, -0.2) is 54.1 Å². The summed E-state index contributed by atoms with van der Waals surface area (Å²) in [7, 11) is 3.97. The van der Waals surface area contributed by atoms with Crippen LogP contribution in [0.1, 0.15) is 47.2 Å². The van der Waals surface area contributed by atoms with Crippen molar-refractivity contribution in [2.24, 2.45) is 0 Å². The molecule has 10 heteroatoms. The highest BCUT2D eigenvalue weighted by Crippen LogP contribution is 2.43. The van der Waals surface area contributed by atoms with Gasteiger partial charge in [-0.15, -0.1) is 0 Å². The lowest BCUT2D eigenvalue weighted by atomic mass is 9.97. The fraction of sp³-hybridized carbons (Fsp3) is 0.257. The number of pyridine rings is 1. The largest absolute Gasteiger partial charge is 0.491 e. The van der Waals surface area contributed by atoms with Gasteiger partial charge in [0.15, 0.2) is 5.65 Å². The number of H-pyrrole nitrogens is 1. The van der Waals surface area contributed by atoms with E-state index in [9.17, 15) is 9.59 Å². The number of carbonyl (C=O) groups is 2. The van der Waals surface area contributed by atoms with Gasteiger partial charge in [-0.3, -0.25) is 9.59 Å². The van der Waals surface area contributed by atoms with Crippen molar-refractivity contribution in [2.45, 2.75) is 32.3 Å². The summed E-state index contributed by atoms with van der Waals surface area (Å²) in [4.78, 5) is 42.2. The lowest BCUT2D eigenvalue weighted by molar-refractivity contribution is -0.142. The normalized spacial score (nSPS) is 14.6. The lowest BCUT2D eigenvalue weighted by Gasteiger charge is -2.25. The molecule has 1 saturated carbocycles. The minimum absolute atomic E-state index is 0.0921. The van der Waals surface area contributed by atoms with Crippen molar-refractivity contribution >= 4 is 34.4 Å². The van der Waals surface area contributed by atoms with Crippen LogP contribution in [0.4, 0.5) is 15.8 Å². The quantitative estimate of drug-likeness (QED) is 0.212. The molecule has 0 saturated heterocycles. The van der Waals surface area contributed by atoms with E-state index >= 15 is 4.39 Å². The Morgan fingerprint density at radius 2 is 1.91 bits per heavy atom. The van der Waals surface area contributed by atoms with Crippen LogP contribution in [0.15, 0.2) is 66.9 Å². The Bertz CT molecular complexity index is 1950. The van der Waals surface area contributed by atoms with E-state index in [1.54, 1.807) is 18.3 Å². The molecule has 5 aromatic rings. The summed E-state index contributed by atoms with van der Waals surface area (Å²) in [6.07, 6.45) is 3.69. The molecule has 45 heavy (non-hydrogen) atoms. The number of fused-ring (bicyclic) bond motifs is 2. The Morgan fingerprint density at radius 3 is 2.64 bits per heavy atom. The Balaban J connectivity index is 1.33. The molecule has 1 aliphatic heterocycles. The molecular weight excluding hydrogens is 573 g/mol. The van der Waals surface area contributed by atoms with Gasteiger partial charge in [-0.1, -0.05) is 12.1 Å². The van der Waals surface area contributed by atoms with Crippen molar-refractivity contribution in [3.63, 3.8) is 0 Å². The minimum atomic E-state index is -0.594. The smallest absolute Gasteiger partial charge is 0.302 e. The third-order valence-corrected chi connectivity index (χ3v) is 8.36. The summed E-state index contributed by atoms with van der Waals surface area (Å²) in [5.74, 6) is -0.327. The number of nitrogens with one attached hydrogen (secondary N) is 1. The Morgan fingerprint density at radius 1 is 1.11 bits per heavy atom. The molecule has 3 aromatic carbocycles. The molecule has 7 rings (SSSR count). The average Bonchev–Trinajstić information content (AvgIpc) is 3.81. The van der Waals surface area contributed by atoms with Crippen molar-refractivity contribution in [3.8, 4) is 28.3 Å². The van der Waals surface area contributed by atoms with Crippen LogP contribution in [0.3, 0.4) is 0 Å². The molecular formula is C35H32FN5O4. The number of esters is 1. The standard InChI is InChI=1S/C35H32FN5O4/c1-20(42)45-19-27-25(26-13-14-37-34-32(26)38-33(39-34)22-9-11-24(12-10-22)40(2)3)5-4-6-29(27)41-15-16-44-30-18-23(21-7-8-21)17-28(36)31(30)35(41)43/h4-6,9-14,17-18,21H,7-8,15-16,19H2,1-3H3,(H,37,38,39). The van der Waals surface area contributed by atoms with Gasteiger partial charge < -0.3 is 24.3 Å². The number of ether oxygens (including phenoxy) is 2. The van der Waals surface area contributed by atoms with Gasteiger partial charge in [0, 0.05) is 49.6 Å². The second kappa shape index (κ2) is 11.4. The summed E-state index contributed by atoms with van der Waals surface area (Å²) in [6.45, 7) is 1.60. The maximum Gasteiger partial charge on any atom is 0.302 e. The zero-order chi connectivity index (χ0) is 31.2. The minimum Gasteiger partial charge on any atom is -0.491 e. The first-order valence-corrected chi connectivity index (χ1v) is 14.9. The molecule has 0 unspecified atom stereocenters. The SMILES string of the molecule is CC(=O)OCc1c(-c2ccnc3nc(-c4ccc(N(C)C)cc4)[nH]c23)cccc1N1CCOc2cc(C3CC3)cc(F)c2C1=O. The molecule has 1 N–H and O–H groups in total. The van der Waals surface area contributed by atoms with E-state index in [1.807, 2.05) is 61.5 Å². The van der Waals surface area contributed by atoms with Crippen molar-refractivity contribution in [1.82, 2.24) is 15.0 Å². The molecule has 0 atom stereocenters. The van der Waals surface area contributed by atoms with Crippen molar-refractivity contribution < 1.29 is 23.5 Å². The van der Waals surface area contributed by atoms with E-state index in [0.29, 0.717) is 34.2 Å². The van der Waals surface area contributed by atoms with Crippen molar-refractivity contribution in [1.29, 1.82) is 0 Å². The molecule has 228 valence electrons. The molecule has 0 bridgehead atoms. The summed E-state index contributed by atoms with van der Waals surface area (Å²) < 4.78 is 27.0. The van der Waals surface area contributed by atoms with Gasteiger partial charge in [0.05, 0.1) is 17.7 Å². The number of aromatic amines is 1. The van der Waals surface area contributed by atoms with Gasteiger partial charge in [0.1, 0.15) is 36.2 Å². The van der Waals surface area contributed by atoms with E-state index in [2.05, 4.69) is 9.97 Å². The first-order valence-electron chi connectivity index (χ1n) is 14.9. The molecule has 0 spiro atoms. The maximum atomic E-state index is 15.5. The van der Waals surface area contributed by atoms with E-state index in [4.69, 9.17) is 14.5 Å². The fourth-order valence-corrected chi connectivity index (χ4v) is 5.88. The van der Waals surface area contributed by atoms with Crippen LogP contribution < -0.4 is 14.5 Å². The predicted octanol–water partition coefficient (Wildman–Crippen LogP) is 6.48. The van der Waals surface area contributed by atoms with Gasteiger partial charge in [0.25, 0.3) is 5.91 Å². The number of benzene rings is 3. The number of halogens is 1. The molecule has 1 amide bonds. The number of imidazole rings is 1. The molecule has 1 aliphatic carbocycles. The van der Waals surface area contributed by atoms with Gasteiger partial charge >= 0.3 is 5.97 Å². The van der Waals surface area contributed by atoms with E-state index in [0.717, 1.165) is 40.8 Å². The predicted molar refractivity (Wildman–Crippen MR) is 170 cm³/mol. The monoisotopic (exact) mass is 605 g/mol. The number of rotatable bonds is 7. The summed E-state index contributed by atoms with van der Waals surface area (Å²) in [5.41, 5.74) is 6.55. The Labute approximate surface area is 259 Å². The van der Waals surface area contributed by atoms with E-state index in [-0.39, 0.29) is 31.1 Å². The molecule has 0 radical (unpaired) electrons. The van der Waals surface area contributed by atoms with Crippen LogP contribution in [0, 0.1) is 5.82 Å². The van der Waals surface area contributed by atoms with Crippen LogP contribution in [-0.2, 0) is 16.1 Å². The fourth-order valence-electron chi connectivity index (χ4n) is 5.88. The second-order valence-electron chi connectivity index (χ2n) is 11.6. The highest BCUT2D eigenvalue weighted by atomic mass is 19.1. The van der Waals surface area contributed by atoms with Gasteiger partial charge in [-0.05, 0) is 78.4 Å². The van der Waals surface area contributed by atoms with Crippen molar-refractivity contribution in [3.05, 3.63) is 89.4 Å². The number of hydrogen-bond acceptors (Lipinski definition) is 7. The van der Waals surface area contributed by atoms with Crippen LogP contribution >= 0.6 is 0 Å². The van der Waals surface area contributed by atoms with Crippen molar-refractivity contribution in [2.75, 3.05) is 37.0 Å².